The third-order valence-corrected chi connectivity index (χ3v) is 7.58. The average Bonchev–Trinajstić information content (AvgIpc) is 3.70. The van der Waals surface area contributed by atoms with Crippen molar-refractivity contribution in [1.29, 1.82) is 0 Å². The molecule has 252 valence electrons. The number of anilines is 3. The Kier molecular flexibility index (Phi) is 13.4. The molecule has 13 nitrogen and oxygen atoms in total. The number of nitrogens with one attached hydrogen (secondary N) is 3. The van der Waals surface area contributed by atoms with E-state index in [1.54, 1.807) is 31.4 Å². The number of ether oxygens (including phenoxy) is 2. The lowest BCUT2D eigenvalue weighted by Crippen LogP contribution is -2.45. The molecule has 47 heavy (non-hydrogen) atoms. The second-order valence-corrected chi connectivity index (χ2v) is 11.5. The molecule has 3 N–H and O–H groups in total. The third-order valence-electron chi connectivity index (χ3n) is 7.58. The van der Waals surface area contributed by atoms with E-state index < -0.39 is 6.04 Å². The van der Waals surface area contributed by atoms with Crippen LogP contribution in [0.5, 0.6) is 5.88 Å². The van der Waals surface area contributed by atoms with E-state index in [-0.39, 0.29) is 11.8 Å². The molecule has 3 aromatic rings. The van der Waals surface area contributed by atoms with Crippen LogP contribution in [0.15, 0.2) is 36.5 Å². The van der Waals surface area contributed by atoms with Crippen LogP contribution < -0.4 is 20.7 Å². The van der Waals surface area contributed by atoms with Crippen LogP contribution in [0.1, 0.15) is 44.6 Å². The number of hydrogen-bond donors (Lipinski definition) is 3. The first-order chi connectivity index (χ1) is 22.8. The lowest BCUT2D eigenvalue weighted by atomic mass is 10.2. The predicted molar refractivity (Wildman–Crippen MR) is 184 cm³/mol. The zero-order valence-electron chi connectivity index (χ0n) is 28.1. The number of methoxy groups -OCH3 is 2. The van der Waals surface area contributed by atoms with Crippen LogP contribution in [0.2, 0.25) is 0 Å². The van der Waals surface area contributed by atoms with Gasteiger partial charge in [-0.25, -0.2) is 4.98 Å². The van der Waals surface area contributed by atoms with Crippen molar-refractivity contribution >= 4 is 40.2 Å². The van der Waals surface area contributed by atoms with Gasteiger partial charge in [-0.2, -0.15) is 4.98 Å². The number of unbranched alkanes of at least 4 members (excludes halogenated alkanes) is 1. The fraction of sp³-hybridized carbons (Fsp3) is 0.500. The lowest BCUT2D eigenvalue weighted by molar-refractivity contribution is -0.135. The summed E-state index contributed by atoms with van der Waals surface area (Å²) in [6.07, 6.45) is 8.82. The first-order valence-corrected chi connectivity index (χ1v) is 16.1. The summed E-state index contributed by atoms with van der Waals surface area (Å²) in [6, 6.07) is 5.46. The van der Waals surface area contributed by atoms with E-state index in [1.165, 1.54) is 0 Å². The van der Waals surface area contributed by atoms with Gasteiger partial charge in [-0.15, -0.1) is 5.10 Å². The van der Waals surface area contributed by atoms with Crippen LogP contribution in [0.4, 0.5) is 17.5 Å². The van der Waals surface area contributed by atoms with Gasteiger partial charge >= 0.3 is 0 Å². The second kappa shape index (κ2) is 17.9. The zero-order valence-corrected chi connectivity index (χ0v) is 28.1. The standard InChI is InChI=1S/C34H47N9O4/c1-6-17-35-31-25(12-8-7-9-18-36-32(45)28-13-10-20-42(28)30(44)14-11-19-41(2)3)24-37-34(39-31)38-26-15-16-27-29(23-26)43(21-22-46-4)40-33(27)47-5/h11,14-16,23-24,28H,6-7,9-10,13,17-22H2,1-5H3,(H,36,45)(H2,35,37,38,39)/b14-11+/t28-/m0/s1. The van der Waals surface area contributed by atoms with Gasteiger partial charge < -0.3 is 35.2 Å². The van der Waals surface area contributed by atoms with Crippen LogP contribution in [0.3, 0.4) is 0 Å². The molecule has 3 heterocycles. The molecule has 0 saturated carbocycles. The van der Waals surface area contributed by atoms with E-state index in [0.29, 0.717) is 75.3 Å². The third kappa shape index (κ3) is 9.91. The van der Waals surface area contributed by atoms with Crippen molar-refractivity contribution in [3.63, 3.8) is 0 Å². The first-order valence-electron chi connectivity index (χ1n) is 16.1. The molecule has 1 aliphatic rings. The summed E-state index contributed by atoms with van der Waals surface area (Å²) in [5.41, 5.74) is 2.42. The summed E-state index contributed by atoms with van der Waals surface area (Å²) < 4.78 is 12.5. The van der Waals surface area contributed by atoms with Crippen molar-refractivity contribution in [3.05, 3.63) is 42.1 Å². The van der Waals surface area contributed by atoms with Gasteiger partial charge in [-0.1, -0.05) is 24.8 Å². The number of amides is 2. The molecule has 0 bridgehead atoms. The number of likely N-dealkylation sites (N-methyl/N-ethyl adjacent to an activating group) is 1. The van der Waals surface area contributed by atoms with Crippen LogP contribution in [-0.4, -0.2) is 109 Å². The van der Waals surface area contributed by atoms with Crippen molar-refractivity contribution in [3.8, 4) is 17.7 Å². The fourth-order valence-corrected chi connectivity index (χ4v) is 5.19. The zero-order chi connectivity index (χ0) is 33.6. The normalized spacial score (nSPS) is 14.4. The highest BCUT2D eigenvalue weighted by molar-refractivity contribution is 5.93. The molecule has 1 saturated heterocycles. The number of benzene rings is 1. The minimum Gasteiger partial charge on any atom is -0.479 e. The average molecular weight is 646 g/mol. The highest BCUT2D eigenvalue weighted by Crippen LogP contribution is 2.28. The number of nitrogens with zero attached hydrogens (tertiary/aromatic N) is 6. The fourth-order valence-electron chi connectivity index (χ4n) is 5.19. The van der Waals surface area contributed by atoms with Crippen molar-refractivity contribution < 1.29 is 19.1 Å². The highest BCUT2D eigenvalue weighted by atomic mass is 16.5. The van der Waals surface area contributed by atoms with Crippen molar-refractivity contribution in [1.82, 2.24) is 34.9 Å². The Morgan fingerprint density at radius 3 is 2.83 bits per heavy atom. The maximum Gasteiger partial charge on any atom is 0.246 e. The minimum absolute atomic E-state index is 0.106. The van der Waals surface area contributed by atoms with E-state index in [2.05, 4.69) is 44.8 Å². The van der Waals surface area contributed by atoms with Crippen LogP contribution >= 0.6 is 0 Å². The van der Waals surface area contributed by atoms with Crippen molar-refractivity contribution in [2.75, 3.05) is 71.7 Å². The van der Waals surface area contributed by atoms with Crippen molar-refractivity contribution in [2.24, 2.45) is 0 Å². The summed E-state index contributed by atoms with van der Waals surface area (Å²) in [5, 5.41) is 15.1. The molecule has 1 fully saturated rings. The summed E-state index contributed by atoms with van der Waals surface area (Å²) in [6.45, 7) is 5.73. The number of aromatic nitrogens is 4. The Hall–Kier alpha value is -4.67. The smallest absolute Gasteiger partial charge is 0.246 e. The van der Waals surface area contributed by atoms with E-state index >= 15 is 0 Å². The van der Waals surface area contributed by atoms with E-state index in [1.807, 2.05) is 48.0 Å². The molecule has 1 aliphatic heterocycles. The molecule has 0 radical (unpaired) electrons. The lowest BCUT2D eigenvalue weighted by Gasteiger charge is -2.22. The summed E-state index contributed by atoms with van der Waals surface area (Å²) >= 11 is 0. The molecule has 2 aromatic heterocycles. The van der Waals surface area contributed by atoms with Crippen LogP contribution in [0, 0.1) is 11.8 Å². The van der Waals surface area contributed by atoms with E-state index in [9.17, 15) is 9.59 Å². The van der Waals surface area contributed by atoms with Crippen LogP contribution in [-0.2, 0) is 20.9 Å². The number of rotatable bonds is 16. The molecule has 1 aromatic carbocycles. The Labute approximate surface area is 277 Å². The molecular weight excluding hydrogens is 598 g/mol. The molecule has 2 amide bonds. The molecule has 0 aliphatic carbocycles. The van der Waals surface area contributed by atoms with E-state index in [4.69, 9.17) is 14.5 Å². The molecular formula is C34H47N9O4. The summed E-state index contributed by atoms with van der Waals surface area (Å²) in [5.74, 6) is 7.82. The van der Waals surface area contributed by atoms with Gasteiger partial charge in [0.1, 0.15) is 11.9 Å². The molecule has 1 atom stereocenters. The quantitative estimate of drug-likeness (QED) is 0.121. The monoisotopic (exact) mass is 645 g/mol. The molecule has 0 spiro atoms. The maximum atomic E-state index is 12.8. The van der Waals surface area contributed by atoms with Gasteiger partial charge in [0.2, 0.25) is 23.6 Å². The second-order valence-electron chi connectivity index (χ2n) is 11.5. The largest absolute Gasteiger partial charge is 0.479 e. The molecule has 0 unspecified atom stereocenters. The predicted octanol–water partition coefficient (Wildman–Crippen LogP) is 3.40. The van der Waals surface area contributed by atoms with Crippen LogP contribution in [0.25, 0.3) is 10.9 Å². The first kappa shape index (κ1) is 35.2. The van der Waals surface area contributed by atoms with Gasteiger partial charge in [0, 0.05) is 51.5 Å². The molecule has 13 heteroatoms. The number of fused-ring (bicyclic) bond motifs is 1. The summed E-state index contributed by atoms with van der Waals surface area (Å²) in [4.78, 5) is 38.3. The molecule has 4 rings (SSSR count). The van der Waals surface area contributed by atoms with E-state index in [0.717, 1.165) is 36.0 Å². The Balaban J connectivity index is 1.33. The topological polar surface area (TPSA) is 139 Å². The summed E-state index contributed by atoms with van der Waals surface area (Å²) in [7, 11) is 7.16. The van der Waals surface area contributed by atoms with Gasteiger partial charge in [0.25, 0.3) is 0 Å². The van der Waals surface area contributed by atoms with Gasteiger partial charge in [0.15, 0.2) is 0 Å². The Bertz CT molecular complexity index is 1590. The Morgan fingerprint density at radius 1 is 1.21 bits per heavy atom. The van der Waals surface area contributed by atoms with Crippen molar-refractivity contribution in [2.45, 2.75) is 51.6 Å². The minimum atomic E-state index is -0.420. The number of carbonyl (C=O) groups is 2. The number of likely N-dealkylation sites (tertiary alicyclic amines) is 1. The van der Waals surface area contributed by atoms with Gasteiger partial charge in [0.05, 0.1) is 42.9 Å². The van der Waals surface area contributed by atoms with Gasteiger partial charge in [-0.05, 0) is 58.0 Å². The SMILES string of the molecule is CCCNc1nc(Nc2ccc3c(OC)nn(CCOC)c3c2)ncc1C#CCCCNC(=O)[C@@H]1CCCN1C(=O)/C=C/CN(C)C. The maximum absolute atomic E-state index is 12.8. The number of hydrogen-bond acceptors (Lipinski definition) is 10. The highest BCUT2D eigenvalue weighted by Gasteiger charge is 2.32. The number of carbonyl (C=O) groups excluding carboxylic acids is 2. The Morgan fingerprint density at radius 2 is 2.06 bits per heavy atom. The van der Waals surface area contributed by atoms with Gasteiger partial charge in [-0.3, -0.25) is 14.3 Å².